The second kappa shape index (κ2) is 21.3. The van der Waals surface area contributed by atoms with Crippen molar-refractivity contribution < 1.29 is 5.11 Å². The summed E-state index contributed by atoms with van der Waals surface area (Å²) >= 11 is 4.06. The second-order valence-corrected chi connectivity index (χ2v) is 11.6. The summed E-state index contributed by atoms with van der Waals surface area (Å²) in [5.74, 6) is 4.99. The molecule has 186 valence electrons. The van der Waals surface area contributed by atoms with Crippen molar-refractivity contribution >= 4 is 23.5 Å². The van der Waals surface area contributed by atoms with Crippen molar-refractivity contribution in [3.8, 4) is 5.75 Å². The molecule has 0 bridgehead atoms. The molecule has 0 radical (unpaired) electrons. The van der Waals surface area contributed by atoms with E-state index < -0.39 is 0 Å². The summed E-state index contributed by atoms with van der Waals surface area (Å²) in [4.78, 5) is 0. The lowest BCUT2D eigenvalue weighted by Crippen LogP contribution is -1.96. The van der Waals surface area contributed by atoms with Gasteiger partial charge in [0.1, 0.15) is 5.75 Å². The van der Waals surface area contributed by atoms with Gasteiger partial charge in [0, 0.05) is 17.1 Å². The molecule has 0 fully saturated rings. The van der Waals surface area contributed by atoms with Gasteiger partial charge >= 0.3 is 0 Å². The molecule has 0 heterocycles. The summed E-state index contributed by atoms with van der Waals surface area (Å²) in [6.07, 6.45) is 22.2. The van der Waals surface area contributed by atoms with Crippen LogP contribution in [-0.2, 0) is 11.5 Å². The Kier molecular flexibility index (Phi) is 19.8. The summed E-state index contributed by atoms with van der Waals surface area (Å²) < 4.78 is 0. The molecule has 1 nitrogen and oxygen atoms in total. The predicted octanol–water partition coefficient (Wildman–Crippen LogP) is 10.4. The van der Waals surface area contributed by atoms with Gasteiger partial charge in [-0.3, -0.25) is 0 Å². The van der Waals surface area contributed by atoms with Gasteiger partial charge in [0.2, 0.25) is 0 Å². The van der Waals surface area contributed by atoms with Gasteiger partial charge in [0.25, 0.3) is 0 Å². The Balaban J connectivity index is 2.16. The van der Waals surface area contributed by atoms with Gasteiger partial charge in [0.15, 0.2) is 0 Å². The van der Waals surface area contributed by atoms with E-state index in [-0.39, 0.29) is 0 Å². The molecule has 32 heavy (non-hydrogen) atoms. The highest BCUT2D eigenvalue weighted by atomic mass is 32.2. The first-order valence-electron chi connectivity index (χ1n) is 13.7. The number of phenolic OH excluding ortho intramolecular Hbond substituents is 1. The van der Waals surface area contributed by atoms with Crippen molar-refractivity contribution in [1.82, 2.24) is 0 Å². The first kappa shape index (κ1) is 29.8. The average Bonchev–Trinajstić information content (AvgIpc) is 2.79. The summed E-state index contributed by atoms with van der Waals surface area (Å²) in [5, 5.41) is 10.4. The number of hydrogen-bond donors (Lipinski definition) is 1. The van der Waals surface area contributed by atoms with E-state index in [4.69, 9.17) is 0 Å². The second-order valence-electron chi connectivity index (χ2n) is 9.40. The minimum absolute atomic E-state index is 0.489. The minimum Gasteiger partial charge on any atom is -0.508 e. The van der Waals surface area contributed by atoms with E-state index in [9.17, 15) is 5.11 Å². The van der Waals surface area contributed by atoms with Crippen LogP contribution in [0.2, 0.25) is 0 Å². The molecule has 0 aliphatic rings. The average molecular weight is 481 g/mol. The molecule has 1 rings (SSSR count). The summed E-state index contributed by atoms with van der Waals surface area (Å²) in [6, 6.07) is 4.06. The quantitative estimate of drug-likeness (QED) is 0.167. The topological polar surface area (TPSA) is 20.2 Å². The first-order chi connectivity index (χ1) is 15.7. The summed E-state index contributed by atoms with van der Waals surface area (Å²) in [5.41, 5.74) is 3.90. The van der Waals surface area contributed by atoms with Crippen LogP contribution in [0.15, 0.2) is 12.1 Å². The van der Waals surface area contributed by atoms with Crippen molar-refractivity contribution in [1.29, 1.82) is 0 Å². The van der Waals surface area contributed by atoms with Crippen molar-refractivity contribution in [2.24, 2.45) is 0 Å². The van der Waals surface area contributed by atoms with E-state index in [2.05, 4.69) is 38.6 Å². The van der Waals surface area contributed by atoms with Crippen LogP contribution in [0.1, 0.15) is 133 Å². The number of rotatable bonds is 22. The van der Waals surface area contributed by atoms with Crippen LogP contribution in [0, 0.1) is 6.92 Å². The molecule has 0 atom stereocenters. The molecule has 0 aromatic heterocycles. The zero-order valence-corrected chi connectivity index (χ0v) is 23.2. The normalized spacial score (nSPS) is 11.3. The fraction of sp³-hybridized carbons (Fsp3) is 0.793. The maximum Gasteiger partial charge on any atom is 0.119 e. The lowest BCUT2D eigenvalue weighted by atomic mass is 10.0. The maximum atomic E-state index is 10.4. The highest BCUT2D eigenvalue weighted by molar-refractivity contribution is 7.98. The molecule has 1 aromatic rings. The summed E-state index contributed by atoms with van der Waals surface area (Å²) in [6.45, 7) is 6.77. The molecule has 0 unspecified atom stereocenters. The van der Waals surface area contributed by atoms with Crippen LogP contribution in [0.25, 0.3) is 0 Å². The third-order valence-electron chi connectivity index (χ3n) is 6.47. The Morgan fingerprint density at radius 1 is 0.594 bits per heavy atom. The van der Waals surface area contributed by atoms with E-state index in [1.807, 2.05) is 17.8 Å². The zero-order valence-electron chi connectivity index (χ0n) is 21.6. The molecule has 0 spiro atoms. The molecular formula is C29H52OS2. The fourth-order valence-corrected chi connectivity index (χ4v) is 6.37. The van der Waals surface area contributed by atoms with Crippen LogP contribution < -0.4 is 0 Å². The minimum atomic E-state index is 0.489. The number of phenols is 1. The molecule has 1 N–H and O–H groups in total. The fourth-order valence-electron chi connectivity index (χ4n) is 4.16. The van der Waals surface area contributed by atoms with E-state index in [0.29, 0.717) is 5.75 Å². The Morgan fingerprint density at radius 3 is 1.53 bits per heavy atom. The Bertz CT molecular complexity index is 558. The highest BCUT2D eigenvalue weighted by Crippen LogP contribution is 2.30. The number of unbranched alkanes of at least 4 members (excludes halogenated alkanes) is 14. The van der Waals surface area contributed by atoms with Crippen molar-refractivity contribution in [3.05, 3.63) is 28.8 Å². The molecular weight excluding hydrogens is 428 g/mol. The van der Waals surface area contributed by atoms with Crippen molar-refractivity contribution in [2.75, 3.05) is 11.5 Å². The summed E-state index contributed by atoms with van der Waals surface area (Å²) in [7, 11) is 0. The standard InChI is InChI=1S/C29H52OS2/c1-4-6-8-10-12-14-16-18-22-31-24-27-20-21-29(30)28(26(27)3)25-32-23-19-17-15-13-11-9-7-5-2/h20-21,30H,4-19,22-25H2,1-3H3. The number of thioether (sulfide) groups is 2. The van der Waals surface area contributed by atoms with E-state index in [0.717, 1.165) is 11.5 Å². The van der Waals surface area contributed by atoms with E-state index >= 15 is 0 Å². The van der Waals surface area contributed by atoms with Gasteiger partial charge in [0.05, 0.1) is 0 Å². The predicted molar refractivity (Wildman–Crippen MR) is 150 cm³/mol. The van der Waals surface area contributed by atoms with Gasteiger partial charge in [-0.05, 0) is 48.5 Å². The monoisotopic (exact) mass is 480 g/mol. The third kappa shape index (κ3) is 14.8. The zero-order chi connectivity index (χ0) is 23.3. The van der Waals surface area contributed by atoms with Crippen LogP contribution in [0.4, 0.5) is 0 Å². The molecule has 0 aliphatic carbocycles. The Hall–Kier alpha value is -0.280. The van der Waals surface area contributed by atoms with Gasteiger partial charge in [-0.1, -0.05) is 110 Å². The van der Waals surface area contributed by atoms with E-state index in [1.54, 1.807) is 0 Å². The van der Waals surface area contributed by atoms with Gasteiger partial charge in [-0.15, -0.1) is 0 Å². The van der Waals surface area contributed by atoms with Crippen LogP contribution in [0.5, 0.6) is 5.75 Å². The van der Waals surface area contributed by atoms with Crippen LogP contribution in [-0.4, -0.2) is 16.6 Å². The van der Waals surface area contributed by atoms with Crippen LogP contribution >= 0.6 is 23.5 Å². The van der Waals surface area contributed by atoms with E-state index in [1.165, 1.54) is 131 Å². The van der Waals surface area contributed by atoms with Crippen LogP contribution in [0.3, 0.4) is 0 Å². The molecule has 3 heteroatoms. The third-order valence-corrected chi connectivity index (χ3v) is 8.64. The first-order valence-corrected chi connectivity index (χ1v) is 16.0. The molecule has 0 saturated carbocycles. The van der Waals surface area contributed by atoms with Crippen molar-refractivity contribution in [2.45, 2.75) is 135 Å². The Morgan fingerprint density at radius 2 is 1.03 bits per heavy atom. The molecule has 0 saturated heterocycles. The SMILES string of the molecule is CCCCCCCCCCSCc1ccc(O)c(CSCCCCCCCCCC)c1C. The molecule has 1 aromatic carbocycles. The largest absolute Gasteiger partial charge is 0.508 e. The van der Waals surface area contributed by atoms with Crippen molar-refractivity contribution in [3.63, 3.8) is 0 Å². The lowest BCUT2D eigenvalue weighted by Gasteiger charge is -2.13. The smallest absolute Gasteiger partial charge is 0.119 e. The van der Waals surface area contributed by atoms with Gasteiger partial charge in [-0.2, -0.15) is 23.5 Å². The number of benzene rings is 1. The maximum absolute atomic E-state index is 10.4. The van der Waals surface area contributed by atoms with Gasteiger partial charge < -0.3 is 5.11 Å². The molecule has 0 amide bonds. The highest BCUT2D eigenvalue weighted by Gasteiger charge is 2.10. The van der Waals surface area contributed by atoms with Gasteiger partial charge in [-0.25, -0.2) is 0 Å². The molecule has 0 aliphatic heterocycles. The lowest BCUT2D eigenvalue weighted by molar-refractivity contribution is 0.470. The Labute approximate surface area is 209 Å². The number of aromatic hydroxyl groups is 1. The number of hydrogen-bond acceptors (Lipinski definition) is 3.